The zero-order valence-electron chi connectivity index (χ0n) is 15.7. The lowest BCUT2D eigenvalue weighted by Crippen LogP contribution is -2.43. The van der Waals surface area contributed by atoms with Crippen LogP contribution in [0.4, 0.5) is 0 Å². The number of hydrogen-bond donors (Lipinski definition) is 0. The van der Waals surface area contributed by atoms with Gasteiger partial charge in [-0.05, 0) is 44.3 Å². The van der Waals surface area contributed by atoms with Gasteiger partial charge in [0.15, 0.2) is 8.32 Å². The quantitative estimate of drug-likeness (QED) is 0.303. The van der Waals surface area contributed by atoms with E-state index >= 15 is 0 Å². The van der Waals surface area contributed by atoms with Gasteiger partial charge in [-0.15, -0.1) is 0 Å². The summed E-state index contributed by atoms with van der Waals surface area (Å²) < 4.78 is 11.4. The van der Waals surface area contributed by atoms with E-state index in [4.69, 9.17) is 9.16 Å². The summed E-state index contributed by atoms with van der Waals surface area (Å²) in [5, 5.41) is 0.234. The van der Waals surface area contributed by atoms with Crippen molar-refractivity contribution in [1.29, 1.82) is 0 Å². The maximum Gasteiger partial charge on any atom is 0.330 e. The number of allylic oxidation sites excluding steroid dienone is 1. The molecule has 4 heteroatoms. The van der Waals surface area contributed by atoms with Crippen LogP contribution in [0.3, 0.4) is 0 Å². The average molecular weight is 329 g/mol. The van der Waals surface area contributed by atoms with E-state index < -0.39 is 8.32 Å². The van der Waals surface area contributed by atoms with Crippen LogP contribution in [0.5, 0.6) is 0 Å². The summed E-state index contributed by atoms with van der Waals surface area (Å²) in [5.41, 5.74) is 0. The van der Waals surface area contributed by atoms with E-state index in [9.17, 15) is 4.79 Å². The molecule has 0 rings (SSSR count). The zero-order chi connectivity index (χ0) is 17.2. The molecule has 0 aromatic heterocycles. The van der Waals surface area contributed by atoms with Crippen molar-refractivity contribution in [3.63, 3.8) is 0 Å². The number of unbranched alkanes of at least 4 members (excludes halogenated alkanes) is 1. The molecule has 1 atom stereocenters. The van der Waals surface area contributed by atoms with Crippen molar-refractivity contribution in [2.24, 2.45) is 0 Å². The summed E-state index contributed by atoms with van der Waals surface area (Å²) in [6.45, 7) is 15.9. The third kappa shape index (κ3) is 8.74. The van der Waals surface area contributed by atoms with Crippen LogP contribution in [0.1, 0.15) is 66.7 Å². The van der Waals surface area contributed by atoms with Crippen LogP contribution in [-0.2, 0) is 14.0 Å². The first-order chi connectivity index (χ1) is 10.1. The SMILES string of the molecule is CCCCC(CC/C=C/C(=O)OCC)O[Si](C)(C)C(C)(C)C. The molecule has 130 valence electrons. The van der Waals surface area contributed by atoms with Gasteiger partial charge in [0.2, 0.25) is 0 Å². The number of ether oxygens (including phenoxy) is 1. The van der Waals surface area contributed by atoms with Crippen LogP contribution in [0.2, 0.25) is 18.1 Å². The molecule has 3 nitrogen and oxygen atoms in total. The Kier molecular flexibility index (Phi) is 9.93. The molecular formula is C18H36O3Si. The molecular weight excluding hydrogens is 292 g/mol. The van der Waals surface area contributed by atoms with Gasteiger partial charge in [-0.3, -0.25) is 0 Å². The fraction of sp³-hybridized carbons (Fsp3) is 0.833. The topological polar surface area (TPSA) is 35.5 Å². The molecule has 0 aromatic carbocycles. The van der Waals surface area contributed by atoms with Crippen molar-refractivity contribution >= 4 is 14.3 Å². The van der Waals surface area contributed by atoms with Crippen LogP contribution >= 0.6 is 0 Å². The monoisotopic (exact) mass is 328 g/mol. The second-order valence-electron chi connectivity index (χ2n) is 7.37. The second kappa shape index (κ2) is 10.2. The summed E-state index contributed by atoms with van der Waals surface area (Å²) in [7, 11) is -1.73. The highest BCUT2D eigenvalue weighted by molar-refractivity contribution is 6.74. The highest BCUT2D eigenvalue weighted by atomic mass is 28.4. The first kappa shape index (κ1) is 21.4. The number of hydrogen-bond acceptors (Lipinski definition) is 3. The van der Waals surface area contributed by atoms with Gasteiger partial charge in [0, 0.05) is 12.2 Å². The van der Waals surface area contributed by atoms with Crippen molar-refractivity contribution in [2.75, 3.05) is 6.61 Å². The van der Waals surface area contributed by atoms with Gasteiger partial charge < -0.3 is 9.16 Å². The highest BCUT2D eigenvalue weighted by Crippen LogP contribution is 2.38. The molecule has 0 radical (unpaired) electrons. The van der Waals surface area contributed by atoms with E-state index in [-0.39, 0.29) is 11.0 Å². The van der Waals surface area contributed by atoms with Crippen molar-refractivity contribution in [1.82, 2.24) is 0 Å². The molecule has 0 spiro atoms. The van der Waals surface area contributed by atoms with Crippen molar-refractivity contribution in [2.45, 2.75) is 91.0 Å². The lowest BCUT2D eigenvalue weighted by molar-refractivity contribution is -0.137. The summed E-state index contributed by atoms with van der Waals surface area (Å²) in [5.74, 6) is -0.252. The minimum atomic E-state index is -1.73. The molecule has 0 heterocycles. The van der Waals surface area contributed by atoms with Crippen molar-refractivity contribution in [3.8, 4) is 0 Å². The number of carbonyl (C=O) groups is 1. The molecule has 22 heavy (non-hydrogen) atoms. The highest BCUT2D eigenvalue weighted by Gasteiger charge is 2.38. The Bertz CT molecular complexity index is 343. The van der Waals surface area contributed by atoms with Crippen LogP contribution in [-0.4, -0.2) is 27.0 Å². The van der Waals surface area contributed by atoms with Crippen LogP contribution in [0.25, 0.3) is 0 Å². The van der Waals surface area contributed by atoms with Gasteiger partial charge in [-0.2, -0.15) is 0 Å². The molecule has 1 unspecified atom stereocenters. The number of rotatable bonds is 10. The first-order valence-electron chi connectivity index (χ1n) is 8.65. The smallest absolute Gasteiger partial charge is 0.330 e. The van der Waals surface area contributed by atoms with Crippen molar-refractivity contribution < 1.29 is 14.0 Å². The molecule has 0 saturated carbocycles. The van der Waals surface area contributed by atoms with E-state index in [0.717, 1.165) is 19.3 Å². The number of esters is 1. The van der Waals surface area contributed by atoms with Crippen LogP contribution < -0.4 is 0 Å². The molecule has 0 aliphatic heterocycles. The summed E-state index contributed by atoms with van der Waals surface area (Å²) in [4.78, 5) is 11.3. The summed E-state index contributed by atoms with van der Waals surface area (Å²) in [6, 6.07) is 0. The van der Waals surface area contributed by atoms with E-state index in [1.807, 2.05) is 13.0 Å². The Balaban J connectivity index is 4.50. The standard InChI is InChI=1S/C18H36O3Si/c1-8-10-13-16(21-22(6,7)18(3,4)5)14-11-12-15-17(19)20-9-2/h12,15-16H,8-11,13-14H2,1-7H3/b15-12+. The van der Waals surface area contributed by atoms with E-state index in [1.54, 1.807) is 0 Å². The molecule has 0 aromatic rings. The Hall–Kier alpha value is -0.613. The van der Waals surface area contributed by atoms with Gasteiger partial charge in [-0.1, -0.05) is 46.6 Å². The minimum absolute atomic E-state index is 0.234. The minimum Gasteiger partial charge on any atom is -0.463 e. The zero-order valence-corrected chi connectivity index (χ0v) is 16.7. The Morgan fingerprint density at radius 3 is 2.32 bits per heavy atom. The van der Waals surface area contributed by atoms with Gasteiger partial charge in [0.05, 0.1) is 6.61 Å². The fourth-order valence-corrected chi connectivity index (χ4v) is 3.36. The average Bonchev–Trinajstić information content (AvgIpc) is 2.39. The van der Waals surface area contributed by atoms with Gasteiger partial charge >= 0.3 is 5.97 Å². The van der Waals surface area contributed by atoms with Crippen LogP contribution in [0.15, 0.2) is 12.2 Å². The maximum absolute atomic E-state index is 11.3. The van der Waals surface area contributed by atoms with Gasteiger partial charge in [0.25, 0.3) is 0 Å². The largest absolute Gasteiger partial charge is 0.463 e. The Labute approximate surface area is 138 Å². The molecule has 0 amide bonds. The third-order valence-corrected chi connectivity index (χ3v) is 8.88. The van der Waals surface area contributed by atoms with E-state index in [0.29, 0.717) is 12.7 Å². The van der Waals surface area contributed by atoms with E-state index in [1.165, 1.54) is 18.9 Å². The lowest BCUT2D eigenvalue weighted by Gasteiger charge is -2.39. The third-order valence-electron chi connectivity index (χ3n) is 4.34. The maximum atomic E-state index is 11.3. The summed E-state index contributed by atoms with van der Waals surface area (Å²) >= 11 is 0. The lowest BCUT2D eigenvalue weighted by atomic mass is 10.1. The molecule has 0 N–H and O–H groups in total. The van der Waals surface area contributed by atoms with Gasteiger partial charge in [0.1, 0.15) is 0 Å². The normalized spacial score (nSPS) is 14.3. The Morgan fingerprint density at radius 1 is 1.18 bits per heavy atom. The molecule has 0 aliphatic carbocycles. The number of carbonyl (C=O) groups excluding carboxylic acids is 1. The fourth-order valence-electron chi connectivity index (χ4n) is 1.94. The molecule has 0 saturated heterocycles. The predicted octanol–water partition coefficient (Wildman–Crippen LogP) is 5.47. The first-order valence-corrected chi connectivity index (χ1v) is 11.6. The molecule has 0 fully saturated rings. The second-order valence-corrected chi connectivity index (χ2v) is 12.1. The predicted molar refractivity (Wildman–Crippen MR) is 96.6 cm³/mol. The summed E-state index contributed by atoms with van der Waals surface area (Å²) in [6.07, 6.45) is 9.07. The molecule has 0 bridgehead atoms. The van der Waals surface area contributed by atoms with E-state index in [2.05, 4.69) is 40.8 Å². The molecule has 0 aliphatic rings. The van der Waals surface area contributed by atoms with Crippen LogP contribution in [0, 0.1) is 0 Å². The van der Waals surface area contributed by atoms with Gasteiger partial charge in [-0.25, -0.2) is 4.79 Å². The Morgan fingerprint density at radius 2 is 1.82 bits per heavy atom. The van der Waals surface area contributed by atoms with Crippen molar-refractivity contribution in [3.05, 3.63) is 12.2 Å².